The second-order valence-electron chi connectivity index (χ2n) is 5.86. The zero-order chi connectivity index (χ0) is 16.2. The van der Waals surface area contributed by atoms with E-state index in [2.05, 4.69) is 5.32 Å². The Hall–Kier alpha value is -0.690. The van der Waals surface area contributed by atoms with Gasteiger partial charge in [-0.1, -0.05) is 12.1 Å². The lowest BCUT2D eigenvalue weighted by Gasteiger charge is -2.35. The van der Waals surface area contributed by atoms with Gasteiger partial charge in [0.05, 0.1) is 12.5 Å². The number of halogens is 5. The minimum Gasteiger partial charge on any atom is -0.491 e. The Morgan fingerprint density at radius 2 is 1.62 bits per heavy atom. The van der Waals surface area contributed by atoms with Gasteiger partial charge in [-0.3, -0.25) is 4.90 Å². The van der Waals surface area contributed by atoms with E-state index in [0.29, 0.717) is 24.4 Å². The fourth-order valence-electron chi connectivity index (χ4n) is 2.71. The Balaban J connectivity index is 0.00000264. The van der Waals surface area contributed by atoms with Crippen molar-refractivity contribution in [2.45, 2.75) is 38.6 Å². The molecule has 1 fully saturated rings. The summed E-state index contributed by atoms with van der Waals surface area (Å²) in [5.41, 5.74) is 0.690. The molecule has 0 radical (unpaired) electrons. The van der Waals surface area contributed by atoms with Crippen LogP contribution in [-0.4, -0.2) is 43.4 Å². The number of benzene rings is 1. The molecule has 8 heteroatoms. The summed E-state index contributed by atoms with van der Waals surface area (Å²) in [5, 5.41) is 3.17. The maximum atomic E-state index is 12.9. The van der Waals surface area contributed by atoms with E-state index in [4.69, 9.17) is 4.74 Å². The molecule has 0 unspecified atom stereocenters. The van der Waals surface area contributed by atoms with E-state index in [1.165, 1.54) is 0 Å². The van der Waals surface area contributed by atoms with Crippen LogP contribution in [0, 0.1) is 0 Å². The molecule has 1 aliphatic heterocycles. The Morgan fingerprint density at radius 1 is 1.08 bits per heavy atom. The van der Waals surface area contributed by atoms with Crippen LogP contribution in [0.15, 0.2) is 24.3 Å². The average Bonchev–Trinajstić information content (AvgIpc) is 2.45. The van der Waals surface area contributed by atoms with Crippen molar-refractivity contribution in [2.75, 3.05) is 26.2 Å². The first kappa shape index (κ1) is 23.3. The van der Waals surface area contributed by atoms with Crippen molar-refractivity contribution in [1.29, 1.82) is 0 Å². The lowest BCUT2D eigenvalue weighted by atomic mass is 10.0. The molecule has 1 aromatic carbocycles. The van der Waals surface area contributed by atoms with Crippen LogP contribution < -0.4 is 10.1 Å². The number of hydrogen-bond donors (Lipinski definition) is 1. The summed E-state index contributed by atoms with van der Waals surface area (Å²) in [6, 6.07) is 6.36. The maximum absolute atomic E-state index is 12.9. The molecule has 0 aromatic heterocycles. The number of alkyl halides is 3. The molecule has 1 N–H and O–H groups in total. The zero-order valence-corrected chi connectivity index (χ0v) is 15.4. The fraction of sp³-hybridized carbons (Fsp3) is 0.625. The Kier molecular flexibility index (Phi) is 10.0. The third kappa shape index (κ3) is 7.47. The van der Waals surface area contributed by atoms with Gasteiger partial charge in [0, 0.05) is 32.2 Å². The number of hydrogen-bond acceptors (Lipinski definition) is 3. The predicted octanol–water partition coefficient (Wildman–Crippen LogP) is 4.22. The van der Waals surface area contributed by atoms with Crippen LogP contribution in [0.1, 0.15) is 31.9 Å². The van der Waals surface area contributed by atoms with E-state index < -0.39 is 18.6 Å². The Morgan fingerprint density at radius 3 is 2.08 bits per heavy atom. The molecule has 3 nitrogen and oxygen atoms in total. The van der Waals surface area contributed by atoms with Gasteiger partial charge in [0.2, 0.25) is 0 Å². The molecule has 1 aliphatic rings. The lowest BCUT2D eigenvalue weighted by Crippen LogP contribution is -2.46. The van der Waals surface area contributed by atoms with Crippen molar-refractivity contribution in [2.24, 2.45) is 0 Å². The van der Waals surface area contributed by atoms with Crippen LogP contribution in [0.3, 0.4) is 0 Å². The van der Waals surface area contributed by atoms with Crippen LogP contribution >= 0.6 is 24.8 Å². The SMILES string of the molecule is CC(C)Oc1ccc([C@@H](CC(F)(F)F)N2CCNCC2)cc1.Cl.Cl. The highest BCUT2D eigenvalue weighted by molar-refractivity contribution is 5.85. The predicted molar refractivity (Wildman–Crippen MR) is 94.6 cm³/mol. The molecule has 1 atom stereocenters. The maximum Gasteiger partial charge on any atom is 0.390 e. The summed E-state index contributed by atoms with van der Waals surface area (Å²) < 4.78 is 44.3. The molecule has 0 bridgehead atoms. The minimum atomic E-state index is -4.18. The molecule has 0 saturated carbocycles. The van der Waals surface area contributed by atoms with Crippen molar-refractivity contribution in [3.8, 4) is 5.75 Å². The van der Waals surface area contributed by atoms with Gasteiger partial charge in [-0.05, 0) is 31.5 Å². The number of rotatable bonds is 5. The topological polar surface area (TPSA) is 24.5 Å². The molecular formula is C16H25Cl2F3N2O. The van der Waals surface area contributed by atoms with Crippen LogP contribution in [0.4, 0.5) is 13.2 Å². The van der Waals surface area contributed by atoms with Crippen molar-refractivity contribution in [1.82, 2.24) is 10.2 Å². The Labute approximate surface area is 153 Å². The summed E-state index contributed by atoms with van der Waals surface area (Å²) in [4.78, 5) is 1.91. The third-order valence-corrected chi connectivity index (χ3v) is 3.65. The summed E-state index contributed by atoms with van der Waals surface area (Å²) in [6.45, 7) is 6.55. The van der Waals surface area contributed by atoms with E-state index in [-0.39, 0.29) is 30.9 Å². The first-order valence-corrected chi connectivity index (χ1v) is 7.63. The molecule has 0 amide bonds. The van der Waals surface area contributed by atoms with Gasteiger partial charge in [0.25, 0.3) is 0 Å². The Bertz CT molecular complexity index is 463. The second kappa shape index (κ2) is 10.3. The highest BCUT2D eigenvalue weighted by Crippen LogP contribution is 2.34. The summed E-state index contributed by atoms with van der Waals surface area (Å²) in [5.74, 6) is 0.685. The molecule has 1 aromatic rings. The average molecular weight is 389 g/mol. The monoisotopic (exact) mass is 388 g/mol. The highest BCUT2D eigenvalue weighted by atomic mass is 35.5. The standard InChI is InChI=1S/C16H23F3N2O.2ClH/c1-12(2)22-14-5-3-13(4-6-14)15(11-16(17,18)19)21-9-7-20-8-10-21;;/h3-6,12,15,20H,7-11H2,1-2H3;2*1H/t15-;;/m1../s1. The van der Waals surface area contributed by atoms with Gasteiger partial charge in [0.15, 0.2) is 0 Å². The summed E-state index contributed by atoms with van der Waals surface area (Å²) in [6.07, 6.45) is -4.95. The summed E-state index contributed by atoms with van der Waals surface area (Å²) in [7, 11) is 0. The van der Waals surface area contributed by atoms with Gasteiger partial charge < -0.3 is 10.1 Å². The van der Waals surface area contributed by atoms with Crippen molar-refractivity contribution in [3.05, 3.63) is 29.8 Å². The smallest absolute Gasteiger partial charge is 0.390 e. The molecular weight excluding hydrogens is 364 g/mol. The van der Waals surface area contributed by atoms with Gasteiger partial charge in [-0.25, -0.2) is 0 Å². The molecule has 1 saturated heterocycles. The van der Waals surface area contributed by atoms with Crippen molar-refractivity contribution >= 4 is 24.8 Å². The summed E-state index contributed by atoms with van der Waals surface area (Å²) >= 11 is 0. The van der Waals surface area contributed by atoms with E-state index in [1.54, 1.807) is 24.3 Å². The van der Waals surface area contributed by atoms with E-state index in [9.17, 15) is 13.2 Å². The van der Waals surface area contributed by atoms with Crippen LogP contribution in [0.5, 0.6) is 5.75 Å². The van der Waals surface area contributed by atoms with E-state index >= 15 is 0 Å². The quantitative estimate of drug-likeness (QED) is 0.817. The van der Waals surface area contributed by atoms with Gasteiger partial charge in [-0.2, -0.15) is 13.2 Å². The van der Waals surface area contributed by atoms with Crippen LogP contribution in [0.2, 0.25) is 0 Å². The lowest BCUT2D eigenvalue weighted by molar-refractivity contribution is -0.148. The fourth-order valence-corrected chi connectivity index (χ4v) is 2.71. The minimum absolute atomic E-state index is 0. The molecule has 0 spiro atoms. The molecule has 0 aliphatic carbocycles. The number of piperazine rings is 1. The largest absolute Gasteiger partial charge is 0.491 e. The number of nitrogens with one attached hydrogen (secondary N) is 1. The van der Waals surface area contributed by atoms with Gasteiger partial charge in [-0.15, -0.1) is 24.8 Å². The normalized spacial score (nSPS) is 16.9. The first-order chi connectivity index (χ1) is 10.3. The second-order valence-corrected chi connectivity index (χ2v) is 5.86. The zero-order valence-electron chi connectivity index (χ0n) is 13.8. The molecule has 2 rings (SSSR count). The van der Waals surface area contributed by atoms with Crippen LogP contribution in [-0.2, 0) is 0 Å². The number of ether oxygens (including phenoxy) is 1. The van der Waals surface area contributed by atoms with Gasteiger partial charge >= 0.3 is 6.18 Å². The molecule has 1 heterocycles. The van der Waals surface area contributed by atoms with Crippen LogP contribution in [0.25, 0.3) is 0 Å². The molecule has 140 valence electrons. The highest BCUT2D eigenvalue weighted by Gasteiger charge is 2.35. The third-order valence-electron chi connectivity index (χ3n) is 3.65. The van der Waals surface area contributed by atoms with E-state index in [0.717, 1.165) is 13.1 Å². The van der Waals surface area contributed by atoms with Crippen molar-refractivity contribution in [3.63, 3.8) is 0 Å². The van der Waals surface area contributed by atoms with Gasteiger partial charge in [0.1, 0.15) is 5.75 Å². The molecule has 24 heavy (non-hydrogen) atoms. The number of nitrogens with zero attached hydrogens (tertiary/aromatic N) is 1. The van der Waals surface area contributed by atoms with E-state index in [1.807, 2.05) is 18.7 Å². The van der Waals surface area contributed by atoms with Crippen molar-refractivity contribution < 1.29 is 17.9 Å². The first-order valence-electron chi connectivity index (χ1n) is 7.63.